The number of carbonyl (C=O) groups is 14. The van der Waals surface area contributed by atoms with Gasteiger partial charge in [-0.25, -0.2) is 4.79 Å². The van der Waals surface area contributed by atoms with Gasteiger partial charge in [-0.3, -0.25) is 67.3 Å². The van der Waals surface area contributed by atoms with E-state index < -0.39 is 189 Å². The highest BCUT2D eigenvalue weighted by Crippen LogP contribution is 2.10. The van der Waals surface area contributed by atoms with E-state index in [1.54, 1.807) is 60.7 Å². The highest BCUT2D eigenvalue weighted by Gasteiger charge is 2.35. The smallest absolute Gasteiger partial charge is 0.326 e. The van der Waals surface area contributed by atoms with Crippen LogP contribution in [-0.4, -0.2) is 189 Å². The minimum absolute atomic E-state index is 0.0660. The number of aliphatic hydroxyl groups is 1. The summed E-state index contributed by atoms with van der Waals surface area (Å²) in [6, 6.07) is 1.27. The van der Waals surface area contributed by atoms with Gasteiger partial charge < -0.3 is 96.3 Å². The van der Waals surface area contributed by atoms with Crippen LogP contribution in [0.4, 0.5) is 0 Å². The van der Waals surface area contributed by atoms with Crippen LogP contribution in [-0.2, 0) is 80.0 Å². The van der Waals surface area contributed by atoms with Gasteiger partial charge in [0.15, 0.2) is 5.96 Å². The van der Waals surface area contributed by atoms with Crippen molar-refractivity contribution in [2.24, 2.45) is 27.9 Å². The van der Waals surface area contributed by atoms with Crippen LogP contribution in [0.1, 0.15) is 69.4 Å². The SMILES string of the molecule is C[C@H](NC(=O)[C@H](CO)NC(=O)[C@H](Cc1ccccc1)NC(=O)[C@H](Cc1ccccc1)NC(=O)CNC(=O)[C@H](CCC(=O)O)NC(=O)[C@H](CCC(=O)O)NC(=O)[C@H](CC(N)=O)NC(=O)[C@@H](N)CC(=O)O)C(=O)N[C@@H](CCCN=C(N)N)C(=O)O. The van der Waals surface area contributed by atoms with Crippen LogP contribution >= 0.6 is 0 Å². The van der Waals surface area contributed by atoms with Crippen molar-refractivity contribution in [2.45, 2.75) is 126 Å². The summed E-state index contributed by atoms with van der Waals surface area (Å²) in [5, 5.41) is 68.0. The van der Waals surface area contributed by atoms with Crippen molar-refractivity contribution in [3.05, 3.63) is 71.8 Å². The number of aliphatic imine (C=N–C) groups is 1. The fourth-order valence-corrected chi connectivity index (χ4v) is 7.42. The number of carboxylic acid groups (broad SMARTS) is 4. The normalized spacial score (nSPS) is 14.0. The van der Waals surface area contributed by atoms with Crippen LogP contribution < -0.4 is 70.8 Å². The van der Waals surface area contributed by atoms with E-state index >= 15 is 0 Å². The highest BCUT2D eigenvalue weighted by atomic mass is 16.4. The summed E-state index contributed by atoms with van der Waals surface area (Å²) in [5.74, 6) is -17.4. The monoisotopic (exact) mass is 1170 g/mol. The molecule has 0 bridgehead atoms. The molecule has 9 atom stereocenters. The van der Waals surface area contributed by atoms with Crippen molar-refractivity contribution in [1.82, 2.24) is 47.9 Å². The van der Waals surface area contributed by atoms with Crippen molar-refractivity contribution in [3.8, 4) is 0 Å². The lowest BCUT2D eigenvalue weighted by molar-refractivity contribution is -0.142. The summed E-state index contributed by atoms with van der Waals surface area (Å²) in [6.45, 7) is -0.712. The molecule has 22 N–H and O–H groups in total. The second kappa shape index (κ2) is 35.7. The molecule has 454 valence electrons. The molecule has 0 aliphatic heterocycles. The molecule has 2 aromatic carbocycles. The van der Waals surface area contributed by atoms with Crippen LogP contribution in [0.5, 0.6) is 0 Å². The lowest BCUT2D eigenvalue weighted by Crippen LogP contribution is -2.60. The van der Waals surface area contributed by atoms with E-state index in [4.69, 9.17) is 28.0 Å². The number of hydrogen-bond acceptors (Lipinski definition) is 17. The van der Waals surface area contributed by atoms with Crippen LogP contribution in [0.25, 0.3) is 0 Å². The first-order chi connectivity index (χ1) is 39.1. The first-order valence-electron chi connectivity index (χ1n) is 25.5. The summed E-state index contributed by atoms with van der Waals surface area (Å²) in [7, 11) is 0. The van der Waals surface area contributed by atoms with E-state index in [1.807, 2.05) is 5.32 Å². The Morgan fingerprint density at radius 2 is 0.916 bits per heavy atom. The summed E-state index contributed by atoms with van der Waals surface area (Å²) in [6.07, 6.45) is -5.17. The zero-order chi connectivity index (χ0) is 62.3. The molecule has 33 heteroatoms. The number of carboxylic acids is 4. The number of nitrogens with zero attached hydrogens (tertiary/aromatic N) is 1. The molecule has 33 nitrogen and oxygen atoms in total. The number of carbonyl (C=O) groups excluding carboxylic acids is 10. The summed E-state index contributed by atoms with van der Waals surface area (Å²) < 4.78 is 0. The van der Waals surface area contributed by atoms with E-state index in [-0.39, 0.29) is 38.2 Å². The summed E-state index contributed by atoms with van der Waals surface area (Å²) >= 11 is 0. The molecule has 0 heterocycles. The quantitative estimate of drug-likeness (QED) is 0.0169. The van der Waals surface area contributed by atoms with Gasteiger partial charge in [0.25, 0.3) is 0 Å². The molecule has 0 saturated carbocycles. The molecule has 2 aromatic rings. The predicted octanol–water partition coefficient (Wildman–Crippen LogP) is -6.98. The van der Waals surface area contributed by atoms with Gasteiger partial charge >= 0.3 is 23.9 Å². The van der Waals surface area contributed by atoms with Crippen molar-refractivity contribution in [2.75, 3.05) is 19.7 Å². The summed E-state index contributed by atoms with van der Waals surface area (Å²) in [5.41, 5.74) is 22.3. The lowest BCUT2D eigenvalue weighted by Gasteiger charge is -2.26. The van der Waals surface area contributed by atoms with Crippen LogP contribution in [0, 0.1) is 0 Å². The Kier molecular flexibility index (Phi) is 29.9. The van der Waals surface area contributed by atoms with Gasteiger partial charge in [0.2, 0.25) is 59.1 Å². The third-order valence-electron chi connectivity index (χ3n) is 11.7. The number of nitrogens with one attached hydrogen (secondary N) is 9. The third kappa shape index (κ3) is 27.3. The van der Waals surface area contributed by atoms with Crippen molar-refractivity contribution >= 4 is 88.9 Å². The van der Waals surface area contributed by atoms with Crippen molar-refractivity contribution in [3.63, 3.8) is 0 Å². The number of benzene rings is 2. The Balaban J connectivity index is 2.36. The lowest BCUT2D eigenvalue weighted by atomic mass is 10.0. The van der Waals surface area contributed by atoms with E-state index in [0.717, 1.165) is 0 Å². The average Bonchev–Trinajstić information content (AvgIpc) is 3.50. The maximum absolute atomic E-state index is 14.2. The molecule has 83 heavy (non-hydrogen) atoms. The minimum Gasteiger partial charge on any atom is -0.481 e. The largest absolute Gasteiger partial charge is 0.481 e. The average molecular weight is 1170 g/mol. The third-order valence-corrected chi connectivity index (χ3v) is 11.7. The molecule has 0 aromatic heterocycles. The number of primary amides is 1. The Bertz CT molecular complexity index is 2660. The predicted molar refractivity (Wildman–Crippen MR) is 287 cm³/mol. The minimum atomic E-state index is -1.89. The topological polar surface area (TPSA) is 565 Å². The molecule has 0 unspecified atom stereocenters. The zero-order valence-electron chi connectivity index (χ0n) is 44.9. The second-order valence-electron chi connectivity index (χ2n) is 18.5. The van der Waals surface area contributed by atoms with Crippen molar-refractivity contribution < 1.29 is 92.7 Å². The van der Waals surface area contributed by atoms with Crippen LogP contribution in [0.3, 0.4) is 0 Å². The molecule has 0 fully saturated rings. The molecule has 0 radical (unpaired) electrons. The van der Waals surface area contributed by atoms with E-state index in [2.05, 4.69) is 47.5 Å². The summed E-state index contributed by atoms with van der Waals surface area (Å²) in [4.78, 5) is 183. The van der Waals surface area contributed by atoms with Gasteiger partial charge in [0.05, 0.1) is 32.0 Å². The zero-order valence-corrected chi connectivity index (χ0v) is 44.9. The number of hydrogen-bond donors (Lipinski definition) is 18. The van der Waals surface area contributed by atoms with Gasteiger partial charge in [-0.1, -0.05) is 60.7 Å². The van der Waals surface area contributed by atoms with E-state index in [1.165, 1.54) is 6.92 Å². The molecule has 2 rings (SSSR count). The Morgan fingerprint density at radius 1 is 0.482 bits per heavy atom. The Labute approximate surface area is 473 Å². The number of amides is 10. The molecule has 0 aliphatic carbocycles. The molecule has 0 aliphatic rings. The second-order valence-corrected chi connectivity index (χ2v) is 18.5. The highest BCUT2D eigenvalue weighted by molar-refractivity contribution is 5.99. The molecular weight excluding hydrogens is 1100 g/mol. The maximum Gasteiger partial charge on any atom is 0.326 e. The number of nitrogens with two attached hydrogens (primary N) is 4. The van der Waals surface area contributed by atoms with Crippen LogP contribution in [0.2, 0.25) is 0 Å². The number of aliphatic hydroxyl groups excluding tert-OH is 1. The molecule has 0 spiro atoms. The number of aliphatic carboxylic acids is 4. The first kappa shape index (κ1) is 69.3. The van der Waals surface area contributed by atoms with Crippen LogP contribution in [0.15, 0.2) is 65.7 Å². The van der Waals surface area contributed by atoms with Gasteiger partial charge in [-0.2, -0.15) is 0 Å². The van der Waals surface area contributed by atoms with Crippen molar-refractivity contribution in [1.29, 1.82) is 0 Å². The maximum atomic E-state index is 14.2. The van der Waals surface area contributed by atoms with Gasteiger partial charge in [-0.05, 0) is 43.7 Å². The molecular formula is C50H70N14O19. The molecule has 10 amide bonds. The fourth-order valence-electron chi connectivity index (χ4n) is 7.42. The molecule has 0 saturated heterocycles. The Morgan fingerprint density at radius 3 is 1.39 bits per heavy atom. The van der Waals surface area contributed by atoms with E-state index in [0.29, 0.717) is 11.1 Å². The van der Waals surface area contributed by atoms with E-state index in [9.17, 15) is 87.5 Å². The van der Waals surface area contributed by atoms with Gasteiger partial charge in [0, 0.05) is 32.2 Å². The Hall–Kier alpha value is -9.79. The fraction of sp³-hybridized carbons (Fsp3) is 0.460. The van der Waals surface area contributed by atoms with Gasteiger partial charge in [0.1, 0.15) is 48.3 Å². The first-order valence-corrected chi connectivity index (χ1v) is 25.5. The number of guanidine groups is 1. The number of rotatable bonds is 38. The van der Waals surface area contributed by atoms with Gasteiger partial charge in [-0.15, -0.1) is 0 Å². The standard InChI is InChI=1S/C50H70N14O19/c1-25(41(74)61-31(49(82)83)13-8-18-55-50(53)54)57-48(81)35(24-65)64-46(79)33(20-27-11-6-3-7-12-27)63-45(78)32(19-26-9-4-2-5-10-26)58-37(67)23-56-43(76)29(14-16-38(68)69)59-44(77)30(15-17-39(70)71)60-47(80)34(22-36(52)66)62-42(75)28(51)21-40(72)73/h2-7,9-12,25,28-35,65H,8,13-24,51H2,1H3,(H2,52,66)(H,56,76)(H,57,81)(H,58,67)(H,59,77)(H,60,80)(H,61,74)(H,62,75)(H,63,78)(H,64,79)(H,68,69)(H,70,71)(H,72,73)(H,82,83)(H4,53,54,55)/t25-,28-,29-,30-,31-,32-,33-,34-,35-/m0/s1.